The van der Waals surface area contributed by atoms with Crippen LogP contribution in [-0.2, 0) is 4.74 Å². The number of amides is 1. The summed E-state index contributed by atoms with van der Waals surface area (Å²) in [6.07, 6.45) is -0.0666. The van der Waals surface area contributed by atoms with E-state index in [-0.39, 0.29) is 12.3 Å². The molecule has 0 radical (unpaired) electrons. The SMILES string of the molecule is CC(C)(C)OC(=O)N1CC(C2N=N2)C1. The van der Waals surface area contributed by atoms with Crippen molar-refractivity contribution in [1.29, 1.82) is 0 Å². The predicted molar refractivity (Wildman–Crippen MR) is 49.9 cm³/mol. The molecule has 2 aliphatic rings. The lowest BCUT2D eigenvalue weighted by atomic mass is 9.99. The number of likely N-dealkylation sites (tertiary alicyclic amines) is 1. The third-order valence-corrected chi connectivity index (χ3v) is 2.23. The highest BCUT2D eigenvalue weighted by Gasteiger charge is 2.41. The van der Waals surface area contributed by atoms with Crippen LogP contribution < -0.4 is 0 Å². The first-order valence-electron chi connectivity index (χ1n) is 4.83. The van der Waals surface area contributed by atoms with Crippen LogP contribution in [0, 0.1) is 5.92 Å². The molecule has 0 aromatic carbocycles. The first kappa shape index (κ1) is 9.43. The second-order valence-corrected chi connectivity index (χ2v) is 4.79. The standard InChI is InChI=1S/C9H15N3O2/c1-9(2,3)14-8(13)12-4-6(5-12)7-10-11-7/h6-7H,4-5H2,1-3H3. The van der Waals surface area contributed by atoms with E-state index in [0.717, 1.165) is 13.1 Å². The molecule has 1 saturated heterocycles. The van der Waals surface area contributed by atoms with E-state index in [4.69, 9.17) is 4.74 Å². The minimum absolute atomic E-state index is 0.161. The highest BCUT2D eigenvalue weighted by atomic mass is 16.6. The molecule has 0 N–H and O–H groups in total. The molecule has 1 fully saturated rings. The molecule has 0 unspecified atom stereocenters. The van der Waals surface area contributed by atoms with Gasteiger partial charge in [-0.05, 0) is 20.8 Å². The zero-order valence-electron chi connectivity index (χ0n) is 8.73. The van der Waals surface area contributed by atoms with E-state index in [1.165, 1.54) is 0 Å². The van der Waals surface area contributed by atoms with Crippen molar-refractivity contribution in [2.75, 3.05) is 13.1 Å². The molecule has 1 amide bonds. The summed E-state index contributed by atoms with van der Waals surface area (Å²) in [7, 11) is 0. The fourth-order valence-corrected chi connectivity index (χ4v) is 1.40. The van der Waals surface area contributed by atoms with Gasteiger partial charge in [-0.1, -0.05) is 0 Å². The van der Waals surface area contributed by atoms with Gasteiger partial charge in [-0.15, -0.1) is 0 Å². The van der Waals surface area contributed by atoms with E-state index in [2.05, 4.69) is 10.2 Å². The molecule has 5 heteroatoms. The third-order valence-electron chi connectivity index (χ3n) is 2.23. The molecule has 0 atom stereocenters. The van der Waals surface area contributed by atoms with Crippen LogP contribution in [0.15, 0.2) is 10.2 Å². The maximum absolute atomic E-state index is 11.5. The molecule has 14 heavy (non-hydrogen) atoms. The Morgan fingerprint density at radius 3 is 2.36 bits per heavy atom. The molecule has 2 aliphatic heterocycles. The normalized spacial score (nSPS) is 22.1. The zero-order valence-corrected chi connectivity index (χ0v) is 8.73. The van der Waals surface area contributed by atoms with Gasteiger partial charge < -0.3 is 9.64 Å². The summed E-state index contributed by atoms with van der Waals surface area (Å²) in [5, 5.41) is 7.68. The van der Waals surface area contributed by atoms with Gasteiger partial charge in [-0.25, -0.2) is 4.79 Å². The first-order valence-corrected chi connectivity index (χ1v) is 4.83. The summed E-state index contributed by atoms with van der Waals surface area (Å²) in [5.41, 5.74) is -0.406. The number of hydrogen-bond acceptors (Lipinski definition) is 4. The summed E-state index contributed by atoms with van der Waals surface area (Å²) in [5.74, 6) is 0.433. The van der Waals surface area contributed by atoms with Gasteiger partial charge in [0.15, 0.2) is 6.17 Å². The minimum Gasteiger partial charge on any atom is -0.444 e. The maximum Gasteiger partial charge on any atom is 0.410 e. The first-order chi connectivity index (χ1) is 6.46. The van der Waals surface area contributed by atoms with Gasteiger partial charge in [0, 0.05) is 19.0 Å². The van der Waals surface area contributed by atoms with Crippen molar-refractivity contribution in [3.63, 3.8) is 0 Å². The Bertz CT molecular complexity index is 270. The maximum atomic E-state index is 11.5. The fourth-order valence-electron chi connectivity index (χ4n) is 1.40. The quantitative estimate of drug-likeness (QED) is 0.641. The topological polar surface area (TPSA) is 54.3 Å². The molecular weight excluding hydrogens is 182 g/mol. The van der Waals surface area contributed by atoms with Crippen LogP contribution in [0.1, 0.15) is 20.8 Å². The Morgan fingerprint density at radius 2 is 1.93 bits per heavy atom. The van der Waals surface area contributed by atoms with Gasteiger partial charge >= 0.3 is 6.09 Å². The van der Waals surface area contributed by atoms with E-state index in [9.17, 15) is 4.79 Å². The second kappa shape index (κ2) is 2.93. The highest BCUT2D eigenvalue weighted by Crippen LogP contribution is 2.30. The lowest BCUT2D eigenvalue weighted by Gasteiger charge is -2.38. The smallest absolute Gasteiger partial charge is 0.410 e. The molecule has 0 aromatic heterocycles. The average molecular weight is 197 g/mol. The van der Waals surface area contributed by atoms with Crippen LogP contribution in [0.5, 0.6) is 0 Å². The van der Waals surface area contributed by atoms with E-state index < -0.39 is 5.60 Å². The molecule has 2 heterocycles. The van der Waals surface area contributed by atoms with Gasteiger partial charge in [-0.3, -0.25) is 0 Å². The number of carbonyl (C=O) groups is 1. The Balaban J connectivity index is 1.73. The summed E-state index contributed by atoms with van der Waals surface area (Å²) in [6, 6.07) is 0. The zero-order chi connectivity index (χ0) is 10.3. The second-order valence-electron chi connectivity index (χ2n) is 4.79. The van der Waals surface area contributed by atoms with Gasteiger partial charge in [0.2, 0.25) is 0 Å². The summed E-state index contributed by atoms with van der Waals surface area (Å²) >= 11 is 0. The molecule has 0 spiro atoms. The lowest BCUT2D eigenvalue weighted by molar-refractivity contribution is -0.00145. The molecule has 5 nitrogen and oxygen atoms in total. The molecule has 2 rings (SSSR count). The highest BCUT2D eigenvalue weighted by molar-refractivity contribution is 5.69. The molecule has 0 saturated carbocycles. The lowest BCUT2D eigenvalue weighted by Crippen LogP contribution is -2.53. The summed E-state index contributed by atoms with van der Waals surface area (Å²) < 4.78 is 5.22. The van der Waals surface area contributed by atoms with Crippen molar-refractivity contribution in [1.82, 2.24) is 4.90 Å². The Kier molecular flexibility index (Phi) is 1.97. The number of nitrogens with zero attached hydrogens (tertiary/aromatic N) is 3. The van der Waals surface area contributed by atoms with Crippen molar-refractivity contribution in [2.24, 2.45) is 16.1 Å². The number of hydrogen-bond donors (Lipinski definition) is 0. The van der Waals surface area contributed by atoms with Crippen molar-refractivity contribution < 1.29 is 9.53 Å². The number of ether oxygens (including phenoxy) is 1. The molecule has 78 valence electrons. The summed E-state index contributed by atoms with van der Waals surface area (Å²) in [6.45, 7) is 7.06. The van der Waals surface area contributed by atoms with Crippen LogP contribution >= 0.6 is 0 Å². The van der Waals surface area contributed by atoms with Crippen molar-refractivity contribution >= 4 is 6.09 Å². The average Bonchev–Trinajstić information content (AvgIpc) is 2.61. The van der Waals surface area contributed by atoms with Crippen LogP contribution in [0.4, 0.5) is 4.79 Å². The predicted octanol–water partition coefficient (Wildman–Crippen LogP) is 1.65. The van der Waals surface area contributed by atoms with Crippen molar-refractivity contribution in [3.05, 3.63) is 0 Å². The van der Waals surface area contributed by atoms with Gasteiger partial charge in [0.25, 0.3) is 0 Å². The largest absolute Gasteiger partial charge is 0.444 e. The number of carbonyl (C=O) groups excluding carboxylic acids is 1. The van der Waals surface area contributed by atoms with Gasteiger partial charge in [0.1, 0.15) is 5.60 Å². The van der Waals surface area contributed by atoms with E-state index in [1.54, 1.807) is 4.90 Å². The Morgan fingerprint density at radius 1 is 1.36 bits per heavy atom. The van der Waals surface area contributed by atoms with Crippen LogP contribution in [-0.4, -0.2) is 35.8 Å². The van der Waals surface area contributed by atoms with E-state index in [0.29, 0.717) is 5.92 Å². The minimum atomic E-state index is -0.406. The van der Waals surface area contributed by atoms with Gasteiger partial charge in [-0.2, -0.15) is 10.2 Å². The Hall–Kier alpha value is -1.13. The molecule has 0 bridgehead atoms. The molecule has 0 aromatic rings. The van der Waals surface area contributed by atoms with E-state index in [1.807, 2.05) is 20.8 Å². The van der Waals surface area contributed by atoms with Crippen LogP contribution in [0.3, 0.4) is 0 Å². The van der Waals surface area contributed by atoms with Crippen LogP contribution in [0.2, 0.25) is 0 Å². The van der Waals surface area contributed by atoms with Gasteiger partial charge in [0.05, 0.1) is 0 Å². The third kappa shape index (κ3) is 2.02. The summed E-state index contributed by atoms with van der Waals surface area (Å²) in [4.78, 5) is 13.2. The van der Waals surface area contributed by atoms with Crippen molar-refractivity contribution in [3.8, 4) is 0 Å². The van der Waals surface area contributed by atoms with E-state index >= 15 is 0 Å². The number of rotatable bonds is 1. The Labute approximate surface area is 83.1 Å². The molecular formula is C9H15N3O2. The molecule has 0 aliphatic carbocycles. The van der Waals surface area contributed by atoms with Crippen molar-refractivity contribution in [2.45, 2.75) is 32.5 Å². The fraction of sp³-hybridized carbons (Fsp3) is 0.889. The monoisotopic (exact) mass is 197 g/mol. The van der Waals surface area contributed by atoms with Crippen LogP contribution in [0.25, 0.3) is 0 Å².